The second kappa shape index (κ2) is 16.2. The number of nitrogens with two attached hydrogens (primary N) is 1. The maximum absolute atomic E-state index is 12.7. The number of rotatable bonds is 6. The summed E-state index contributed by atoms with van der Waals surface area (Å²) in [6, 6.07) is 5.57. The highest BCUT2D eigenvalue weighted by atomic mass is 16.7. The lowest BCUT2D eigenvalue weighted by atomic mass is 9.88. The molecule has 4 N–H and O–H groups in total. The highest BCUT2D eigenvalue weighted by Gasteiger charge is 2.29. The molecule has 1 heterocycles. The number of hydrogen-bond donors (Lipinski definition) is 3. The lowest BCUT2D eigenvalue weighted by Gasteiger charge is -2.30. The molecule has 1 aromatic rings. The zero-order chi connectivity index (χ0) is 28.9. The summed E-state index contributed by atoms with van der Waals surface area (Å²) in [7, 11) is 4.65. The van der Waals surface area contributed by atoms with Gasteiger partial charge in [0.05, 0.1) is 18.3 Å². The van der Waals surface area contributed by atoms with Gasteiger partial charge in [0.2, 0.25) is 5.91 Å². The van der Waals surface area contributed by atoms with Gasteiger partial charge in [-0.05, 0) is 67.9 Å². The van der Waals surface area contributed by atoms with Crippen molar-refractivity contribution in [2.24, 2.45) is 17.6 Å². The zero-order valence-corrected chi connectivity index (χ0v) is 23.8. The molecule has 0 fully saturated rings. The van der Waals surface area contributed by atoms with Crippen LogP contribution in [0.15, 0.2) is 42.0 Å². The molecule has 0 spiro atoms. The summed E-state index contributed by atoms with van der Waals surface area (Å²) < 4.78 is 27.4. The number of amides is 2. The van der Waals surface area contributed by atoms with Gasteiger partial charge in [-0.3, -0.25) is 4.79 Å². The van der Waals surface area contributed by atoms with Gasteiger partial charge in [-0.15, -0.1) is 0 Å². The molecule has 0 aliphatic carbocycles. The van der Waals surface area contributed by atoms with E-state index in [0.717, 1.165) is 5.56 Å². The summed E-state index contributed by atoms with van der Waals surface area (Å²) in [5.41, 5.74) is 7.62. The summed E-state index contributed by atoms with van der Waals surface area (Å²) >= 11 is 0. The van der Waals surface area contributed by atoms with Crippen LogP contribution in [0.1, 0.15) is 45.6 Å². The molecule has 1 aromatic carbocycles. The number of ether oxygens (including phenoxy) is 5. The van der Waals surface area contributed by atoms with Crippen LogP contribution in [-0.2, 0) is 30.2 Å². The van der Waals surface area contributed by atoms with Crippen molar-refractivity contribution >= 4 is 17.7 Å². The number of benzene rings is 1. The van der Waals surface area contributed by atoms with E-state index in [-0.39, 0.29) is 24.5 Å². The fourth-order valence-corrected chi connectivity index (χ4v) is 4.88. The van der Waals surface area contributed by atoms with E-state index in [4.69, 9.17) is 29.4 Å². The molecule has 218 valence electrons. The first-order valence-electron chi connectivity index (χ1n) is 13.2. The van der Waals surface area contributed by atoms with Crippen molar-refractivity contribution in [2.75, 3.05) is 33.4 Å². The molecule has 6 atom stereocenters. The van der Waals surface area contributed by atoms with E-state index in [0.29, 0.717) is 42.7 Å². The van der Waals surface area contributed by atoms with Crippen LogP contribution in [0.3, 0.4) is 0 Å². The van der Waals surface area contributed by atoms with Crippen LogP contribution in [0.5, 0.6) is 5.75 Å². The van der Waals surface area contributed by atoms with Gasteiger partial charge in [-0.25, -0.2) is 4.79 Å². The van der Waals surface area contributed by atoms with Gasteiger partial charge < -0.3 is 39.8 Å². The minimum absolute atomic E-state index is 0.0796. The molecule has 0 aromatic heterocycles. The molecule has 39 heavy (non-hydrogen) atoms. The number of anilines is 1. The number of hydrogen-bond acceptors (Lipinski definition) is 8. The Morgan fingerprint density at radius 1 is 1.13 bits per heavy atom. The van der Waals surface area contributed by atoms with Crippen molar-refractivity contribution in [3.05, 3.63) is 47.6 Å². The van der Waals surface area contributed by atoms with Crippen molar-refractivity contribution in [1.82, 2.24) is 0 Å². The Labute approximate surface area is 231 Å². The number of fused-ring (bicyclic) bond motifs is 2. The first kappa shape index (κ1) is 32.3. The quantitative estimate of drug-likeness (QED) is 0.359. The van der Waals surface area contributed by atoms with Gasteiger partial charge in [0.1, 0.15) is 5.75 Å². The Morgan fingerprint density at radius 2 is 1.85 bits per heavy atom. The van der Waals surface area contributed by atoms with Crippen LogP contribution in [0.4, 0.5) is 10.5 Å². The third kappa shape index (κ3) is 10.6. The fourth-order valence-electron chi connectivity index (χ4n) is 4.88. The second-order valence-electron chi connectivity index (χ2n) is 10.1. The van der Waals surface area contributed by atoms with Crippen LogP contribution in [0, 0.1) is 11.8 Å². The molecule has 10 heteroatoms. The third-order valence-electron chi connectivity index (χ3n) is 6.76. The Balaban J connectivity index is 2.44. The summed E-state index contributed by atoms with van der Waals surface area (Å²) in [4.78, 5) is 24.3. The van der Waals surface area contributed by atoms with Crippen LogP contribution >= 0.6 is 0 Å². The molecule has 2 rings (SSSR count). The summed E-state index contributed by atoms with van der Waals surface area (Å²) in [6.07, 6.45) is 3.83. The van der Waals surface area contributed by atoms with Crippen molar-refractivity contribution in [1.29, 1.82) is 0 Å². The standard InChI is InChI=1S/C29H44N2O8/c1-18-11-21-14-22(16-23(15-21)38-17-35-4)31-26(32)10-8-7-9-24(36-5)28(39-29(30)34)20(3)13-19(2)27(33)25(12-18)37-6/h8,10,13-16,18-19,24-25,27-28,33H,7,9,11-12,17H2,1-6H3,(H2,30,34)(H,31,32)/b10-8+,20-13+/t18-,19+,24+,25-,27-,28+/m1/s1. The number of carbonyl (C=O) groups is 2. The molecular formula is C29H44N2O8. The average Bonchev–Trinajstić information content (AvgIpc) is 2.88. The molecule has 0 unspecified atom stereocenters. The van der Waals surface area contributed by atoms with E-state index in [1.165, 1.54) is 13.2 Å². The van der Waals surface area contributed by atoms with Gasteiger partial charge in [-0.1, -0.05) is 26.0 Å². The molecule has 0 saturated carbocycles. The van der Waals surface area contributed by atoms with Crippen molar-refractivity contribution < 1.29 is 38.4 Å². The molecule has 1 aliphatic heterocycles. The average molecular weight is 549 g/mol. The largest absolute Gasteiger partial charge is 0.467 e. The van der Waals surface area contributed by atoms with Crippen LogP contribution in [0.2, 0.25) is 0 Å². The molecule has 0 saturated heterocycles. The molecule has 0 radical (unpaired) electrons. The fraction of sp³-hybridized carbons (Fsp3) is 0.586. The number of aliphatic hydroxyl groups is 1. The number of methoxy groups -OCH3 is 3. The summed E-state index contributed by atoms with van der Waals surface area (Å²) in [6.45, 7) is 5.86. The van der Waals surface area contributed by atoms with E-state index in [1.54, 1.807) is 26.4 Å². The predicted octanol–water partition coefficient (Wildman–Crippen LogP) is 3.96. The SMILES string of the molecule is COCOc1cc2cc(c1)NC(=O)/C=C/CC[C@H](OC)[C@@H](OC(N)=O)/C(C)=C/[C@H](C)[C@@H](O)[C@H](OC)C[C@H](C)C2. The monoisotopic (exact) mass is 548 g/mol. The number of nitrogens with one attached hydrogen (secondary N) is 1. The summed E-state index contributed by atoms with van der Waals surface area (Å²) in [5.74, 6) is 0.114. The number of primary amides is 1. The van der Waals surface area contributed by atoms with Crippen LogP contribution < -0.4 is 15.8 Å². The Morgan fingerprint density at radius 3 is 2.49 bits per heavy atom. The van der Waals surface area contributed by atoms with E-state index in [2.05, 4.69) is 12.2 Å². The molecule has 2 bridgehead atoms. The molecule has 10 nitrogen and oxygen atoms in total. The zero-order valence-electron chi connectivity index (χ0n) is 23.8. The van der Waals surface area contributed by atoms with Crippen molar-refractivity contribution in [3.8, 4) is 5.75 Å². The normalized spacial score (nSPS) is 29.5. The smallest absolute Gasteiger partial charge is 0.405 e. The molecule has 2 amide bonds. The van der Waals surface area contributed by atoms with Gasteiger partial charge in [-0.2, -0.15) is 0 Å². The Kier molecular flexibility index (Phi) is 13.5. The number of allylic oxidation sites excluding steroid dienone is 1. The van der Waals surface area contributed by atoms with Gasteiger partial charge >= 0.3 is 6.09 Å². The minimum atomic E-state index is -0.921. The van der Waals surface area contributed by atoms with Crippen LogP contribution in [0.25, 0.3) is 0 Å². The lowest BCUT2D eigenvalue weighted by Crippen LogP contribution is -2.37. The number of aliphatic hydroxyl groups excluding tert-OH is 1. The first-order valence-corrected chi connectivity index (χ1v) is 13.2. The van der Waals surface area contributed by atoms with Crippen molar-refractivity contribution in [3.63, 3.8) is 0 Å². The summed E-state index contributed by atoms with van der Waals surface area (Å²) in [5, 5.41) is 14.1. The molecular weight excluding hydrogens is 504 g/mol. The van der Waals surface area contributed by atoms with E-state index >= 15 is 0 Å². The van der Waals surface area contributed by atoms with Gasteiger partial charge in [0.15, 0.2) is 12.9 Å². The van der Waals surface area contributed by atoms with E-state index in [9.17, 15) is 14.7 Å². The highest BCUT2D eigenvalue weighted by molar-refractivity contribution is 5.99. The highest BCUT2D eigenvalue weighted by Crippen LogP contribution is 2.27. The van der Waals surface area contributed by atoms with E-state index in [1.807, 2.05) is 32.1 Å². The van der Waals surface area contributed by atoms with Crippen LogP contribution in [-0.4, -0.2) is 69.6 Å². The predicted molar refractivity (Wildman–Crippen MR) is 148 cm³/mol. The topological polar surface area (TPSA) is 139 Å². The van der Waals surface area contributed by atoms with Gasteiger partial charge in [0, 0.05) is 39.0 Å². The number of carbonyl (C=O) groups excluding carboxylic acids is 2. The maximum atomic E-state index is 12.7. The second-order valence-corrected chi connectivity index (χ2v) is 10.1. The minimum Gasteiger partial charge on any atom is -0.467 e. The molecule has 1 aliphatic rings. The Hall–Kier alpha value is -2.92. The van der Waals surface area contributed by atoms with Crippen molar-refractivity contribution in [2.45, 2.75) is 70.9 Å². The lowest BCUT2D eigenvalue weighted by molar-refractivity contribution is -0.111. The van der Waals surface area contributed by atoms with Gasteiger partial charge in [0.25, 0.3) is 0 Å². The Bertz CT molecular complexity index is 995. The van der Waals surface area contributed by atoms with E-state index < -0.39 is 30.5 Å². The third-order valence-corrected chi connectivity index (χ3v) is 6.76. The maximum Gasteiger partial charge on any atom is 0.405 e. The first-order chi connectivity index (χ1) is 18.6.